The number of hydrogen-bond acceptors (Lipinski definition) is 2. The fourth-order valence-electron chi connectivity index (χ4n) is 2.35. The van der Waals surface area contributed by atoms with Gasteiger partial charge in [0, 0.05) is 28.6 Å². The number of halogens is 3. The van der Waals surface area contributed by atoms with Crippen LogP contribution in [0.4, 0.5) is 4.39 Å². The van der Waals surface area contributed by atoms with Crippen molar-refractivity contribution in [2.45, 2.75) is 12.6 Å². The van der Waals surface area contributed by atoms with Gasteiger partial charge in [-0.3, -0.25) is 4.90 Å². The van der Waals surface area contributed by atoms with Gasteiger partial charge in [0.25, 0.3) is 0 Å². The van der Waals surface area contributed by atoms with Crippen LogP contribution in [0.15, 0.2) is 46.9 Å². The van der Waals surface area contributed by atoms with Crippen LogP contribution in [-0.4, -0.2) is 18.5 Å². The first-order valence-corrected chi connectivity index (χ1v) is 7.78. The molecule has 0 aromatic heterocycles. The van der Waals surface area contributed by atoms with Gasteiger partial charge in [-0.2, -0.15) is 0 Å². The number of nitrogens with zero attached hydrogens (tertiary/aromatic N) is 1. The molecule has 2 nitrogen and oxygen atoms in total. The summed E-state index contributed by atoms with van der Waals surface area (Å²) < 4.78 is 14.2. The maximum Gasteiger partial charge on any atom is 0.123 e. The van der Waals surface area contributed by atoms with Crippen molar-refractivity contribution in [3.05, 3.63) is 68.9 Å². The van der Waals surface area contributed by atoms with E-state index < -0.39 is 0 Å². The molecular formula is C16H17BrClFN2. The normalized spacial score (nSPS) is 12.7. The summed E-state index contributed by atoms with van der Waals surface area (Å²) in [6, 6.07) is 12.3. The monoisotopic (exact) mass is 370 g/mol. The second-order valence-electron chi connectivity index (χ2n) is 4.96. The van der Waals surface area contributed by atoms with Gasteiger partial charge in [-0.25, -0.2) is 4.39 Å². The zero-order chi connectivity index (χ0) is 15.4. The molecule has 0 spiro atoms. The molecule has 0 saturated carbocycles. The van der Waals surface area contributed by atoms with Crippen LogP contribution in [0.3, 0.4) is 0 Å². The topological polar surface area (TPSA) is 29.3 Å². The van der Waals surface area contributed by atoms with Crippen molar-refractivity contribution in [1.29, 1.82) is 0 Å². The van der Waals surface area contributed by atoms with Crippen molar-refractivity contribution < 1.29 is 4.39 Å². The van der Waals surface area contributed by atoms with Crippen LogP contribution in [0, 0.1) is 5.82 Å². The van der Waals surface area contributed by atoms with Gasteiger partial charge in [0.05, 0.1) is 0 Å². The van der Waals surface area contributed by atoms with Crippen LogP contribution < -0.4 is 5.73 Å². The highest BCUT2D eigenvalue weighted by Gasteiger charge is 2.18. The van der Waals surface area contributed by atoms with E-state index in [-0.39, 0.29) is 11.9 Å². The molecule has 2 aromatic carbocycles. The van der Waals surface area contributed by atoms with Gasteiger partial charge in [0.2, 0.25) is 0 Å². The standard InChI is InChI=1S/C16H17BrClFN2/c1-21(10-11-3-2-4-13(19)7-11)16(9-20)14-6-5-12(18)8-15(14)17/h2-8,16H,9-10,20H2,1H3. The number of hydrogen-bond donors (Lipinski definition) is 1. The van der Waals surface area contributed by atoms with Gasteiger partial charge in [0.15, 0.2) is 0 Å². The summed E-state index contributed by atoms with van der Waals surface area (Å²) in [4.78, 5) is 2.10. The third-order valence-corrected chi connectivity index (χ3v) is 4.32. The molecule has 0 saturated heterocycles. The Morgan fingerprint density at radius 3 is 2.67 bits per heavy atom. The smallest absolute Gasteiger partial charge is 0.123 e. The Balaban J connectivity index is 2.20. The number of benzene rings is 2. The van der Waals surface area contributed by atoms with Crippen molar-refractivity contribution in [3.8, 4) is 0 Å². The predicted molar refractivity (Wildman–Crippen MR) is 88.8 cm³/mol. The minimum Gasteiger partial charge on any atom is -0.329 e. The Morgan fingerprint density at radius 1 is 1.29 bits per heavy atom. The lowest BCUT2D eigenvalue weighted by Crippen LogP contribution is -2.30. The molecule has 0 aliphatic rings. The number of nitrogens with two attached hydrogens (primary N) is 1. The molecule has 0 aliphatic heterocycles. The summed E-state index contributed by atoms with van der Waals surface area (Å²) in [7, 11) is 1.98. The Bertz CT molecular complexity index is 621. The van der Waals surface area contributed by atoms with Crippen LogP contribution in [0.5, 0.6) is 0 Å². The number of rotatable bonds is 5. The molecule has 1 atom stereocenters. The first-order chi connectivity index (χ1) is 10.0. The maximum absolute atomic E-state index is 13.3. The van der Waals surface area contributed by atoms with E-state index in [9.17, 15) is 4.39 Å². The molecule has 2 N–H and O–H groups in total. The van der Waals surface area contributed by atoms with E-state index in [0.717, 1.165) is 15.6 Å². The maximum atomic E-state index is 13.3. The Hall–Kier alpha value is -0.940. The summed E-state index contributed by atoms with van der Waals surface area (Å²) in [5, 5.41) is 0.675. The molecule has 0 amide bonds. The SMILES string of the molecule is CN(Cc1cccc(F)c1)C(CN)c1ccc(Cl)cc1Br. The van der Waals surface area contributed by atoms with Gasteiger partial charge in [-0.15, -0.1) is 0 Å². The first-order valence-electron chi connectivity index (χ1n) is 6.61. The summed E-state index contributed by atoms with van der Waals surface area (Å²) >= 11 is 9.50. The van der Waals surface area contributed by atoms with E-state index in [1.807, 2.05) is 31.3 Å². The minimum atomic E-state index is -0.224. The van der Waals surface area contributed by atoms with Gasteiger partial charge < -0.3 is 5.73 Å². The lowest BCUT2D eigenvalue weighted by Gasteiger charge is -2.28. The molecular weight excluding hydrogens is 355 g/mol. The summed E-state index contributed by atoms with van der Waals surface area (Å²) in [6.45, 7) is 1.08. The Kier molecular flexibility index (Phi) is 5.76. The average molecular weight is 372 g/mol. The van der Waals surface area contributed by atoms with Gasteiger partial charge >= 0.3 is 0 Å². The highest BCUT2D eigenvalue weighted by atomic mass is 79.9. The van der Waals surface area contributed by atoms with Gasteiger partial charge in [-0.05, 0) is 42.4 Å². The van der Waals surface area contributed by atoms with Crippen LogP contribution >= 0.6 is 27.5 Å². The zero-order valence-corrected chi connectivity index (χ0v) is 14.0. The first kappa shape index (κ1) is 16.4. The summed E-state index contributed by atoms with van der Waals surface area (Å²) in [5.41, 5.74) is 7.91. The molecule has 2 rings (SSSR count). The molecule has 0 bridgehead atoms. The van der Waals surface area contributed by atoms with Crippen LogP contribution in [-0.2, 0) is 6.54 Å². The Labute approximate surface area is 137 Å². The summed E-state index contributed by atoms with van der Waals surface area (Å²) in [6.07, 6.45) is 0. The molecule has 21 heavy (non-hydrogen) atoms. The van der Waals surface area contributed by atoms with Crippen molar-refractivity contribution in [3.63, 3.8) is 0 Å². The number of likely N-dealkylation sites (N-methyl/N-ethyl adjacent to an activating group) is 1. The molecule has 0 heterocycles. The third-order valence-electron chi connectivity index (χ3n) is 3.40. The van der Waals surface area contributed by atoms with Crippen LogP contribution in [0.2, 0.25) is 5.02 Å². The molecule has 0 radical (unpaired) electrons. The van der Waals surface area contributed by atoms with Crippen molar-refractivity contribution in [2.24, 2.45) is 5.73 Å². The van der Waals surface area contributed by atoms with E-state index in [2.05, 4.69) is 20.8 Å². The highest BCUT2D eigenvalue weighted by Crippen LogP contribution is 2.29. The molecule has 0 aliphatic carbocycles. The molecule has 2 aromatic rings. The zero-order valence-electron chi connectivity index (χ0n) is 11.7. The lowest BCUT2D eigenvalue weighted by molar-refractivity contribution is 0.241. The van der Waals surface area contributed by atoms with E-state index in [1.54, 1.807) is 12.1 Å². The van der Waals surface area contributed by atoms with Crippen LogP contribution in [0.25, 0.3) is 0 Å². The van der Waals surface area contributed by atoms with E-state index in [1.165, 1.54) is 6.07 Å². The minimum absolute atomic E-state index is 0.0277. The molecule has 1 unspecified atom stereocenters. The van der Waals surface area contributed by atoms with E-state index in [4.69, 9.17) is 17.3 Å². The second kappa shape index (κ2) is 7.36. The van der Waals surface area contributed by atoms with Gasteiger partial charge in [0.1, 0.15) is 5.82 Å². The van der Waals surface area contributed by atoms with E-state index in [0.29, 0.717) is 18.1 Å². The van der Waals surface area contributed by atoms with Crippen molar-refractivity contribution in [1.82, 2.24) is 4.90 Å². The molecule has 112 valence electrons. The lowest BCUT2D eigenvalue weighted by atomic mass is 10.0. The van der Waals surface area contributed by atoms with E-state index >= 15 is 0 Å². The fourth-order valence-corrected chi connectivity index (χ4v) is 3.30. The Morgan fingerprint density at radius 2 is 2.05 bits per heavy atom. The van der Waals surface area contributed by atoms with Crippen molar-refractivity contribution in [2.75, 3.05) is 13.6 Å². The highest BCUT2D eigenvalue weighted by molar-refractivity contribution is 9.10. The average Bonchev–Trinajstić information content (AvgIpc) is 2.42. The quantitative estimate of drug-likeness (QED) is 0.845. The molecule has 5 heteroatoms. The fraction of sp³-hybridized carbons (Fsp3) is 0.250. The summed E-state index contributed by atoms with van der Waals surface area (Å²) in [5.74, 6) is -0.224. The van der Waals surface area contributed by atoms with Gasteiger partial charge in [-0.1, -0.05) is 45.7 Å². The second-order valence-corrected chi connectivity index (χ2v) is 6.25. The molecule has 0 fully saturated rings. The largest absolute Gasteiger partial charge is 0.329 e. The predicted octanol–water partition coefficient (Wildman–Crippen LogP) is 4.37. The van der Waals surface area contributed by atoms with Crippen molar-refractivity contribution >= 4 is 27.5 Å². The third kappa shape index (κ3) is 4.27. The van der Waals surface area contributed by atoms with Crippen LogP contribution in [0.1, 0.15) is 17.2 Å².